The Morgan fingerprint density at radius 1 is 1.43 bits per heavy atom. The number of aromatic nitrogens is 5. The third-order valence-corrected chi connectivity index (χ3v) is 3.70. The maximum atomic E-state index is 10.7. The minimum Gasteiger partial charge on any atom is -0.481 e. The molecule has 112 valence electrons. The Bertz CT molecular complexity index is 629. The van der Waals surface area contributed by atoms with Crippen LogP contribution in [0.4, 0.5) is 0 Å². The van der Waals surface area contributed by atoms with Crippen LogP contribution in [0.15, 0.2) is 17.4 Å². The summed E-state index contributed by atoms with van der Waals surface area (Å²) >= 11 is 1.17. The average molecular weight is 307 g/mol. The van der Waals surface area contributed by atoms with Crippen LogP contribution in [-0.2, 0) is 17.8 Å². The largest absolute Gasteiger partial charge is 0.481 e. The lowest BCUT2D eigenvalue weighted by molar-refractivity contribution is -0.133. The molecule has 0 fully saturated rings. The summed E-state index contributed by atoms with van der Waals surface area (Å²) in [7, 11) is 0. The van der Waals surface area contributed by atoms with Crippen LogP contribution in [0, 0.1) is 6.92 Å². The van der Waals surface area contributed by atoms with Crippen LogP contribution in [0.2, 0.25) is 0 Å². The fourth-order valence-corrected chi connectivity index (χ4v) is 2.55. The normalized spacial score (nSPS) is 10.8. The quantitative estimate of drug-likeness (QED) is 0.776. The number of carboxylic acid groups (broad SMARTS) is 1. The molecule has 0 radical (unpaired) electrons. The van der Waals surface area contributed by atoms with Gasteiger partial charge in [-0.15, -0.1) is 10.2 Å². The van der Waals surface area contributed by atoms with Crippen LogP contribution in [-0.4, -0.2) is 41.6 Å². The van der Waals surface area contributed by atoms with E-state index in [1.807, 2.05) is 17.6 Å². The molecule has 0 aromatic carbocycles. The number of aryl methyl sites for hydroxylation is 2. The molecule has 2 aromatic heterocycles. The van der Waals surface area contributed by atoms with Crippen molar-refractivity contribution in [3.8, 4) is 0 Å². The van der Waals surface area contributed by atoms with Gasteiger partial charge in [-0.2, -0.15) is 0 Å². The molecule has 0 aliphatic rings. The summed E-state index contributed by atoms with van der Waals surface area (Å²) in [5.41, 5.74) is 0.858. The molecule has 0 unspecified atom stereocenters. The molecule has 0 saturated carbocycles. The lowest BCUT2D eigenvalue weighted by Crippen LogP contribution is -2.09. The molecular weight excluding hydrogens is 290 g/mol. The Labute approximate surface area is 126 Å². The van der Waals surface area contributed by atoms with Crippen molar-refractivity contribution < 1.29 is 9.90 Å². The van der Waals surface area contributed by atoms with Crippen molar-refractivity contribution in [3.05, 3.63) is 29.6 Å². The molecule has 8 heteroatoms. The van der Waals surface area contributed by atoms with Crippen LogP contribution in [0.3, 0.4) is 0 Å². The van der Waals surface area contributed by atoms with Crippen molar-refractivity contribution in [2.75, 3.05) is 5.75 Å². The first-order chi connectivity index (χ1) is 10.1. The van der Waals surface area contributed by atoms with Gasteiger partial charge in [-0.05, 0) is 19.4 Å². The number of aliphatic carboxylic acids is 1. The minimum absolute atomic E-state index is 0.0347. The molecule has 0 atom stereocenters. The average Bonchev–Trinajstić information content (AvgIpc) is 2.80. The highest BCUT2D eigenvalue weighted by molar-refractivity contribution is 7.99. The Morgan fingerprint density at radius 3 is 2.90 bits per heavy atom. The summed E-state index contributed by atoms with van der Waals surface area (Å²) < 4.78 is 1.93. The zero-order valence-corrected chi connectivity index (χ0v) is 12.8. The van der Waals surface area contributed by atoms with Gasteiger partial charge >= 0.3 is 5.97 Å². The predicted octanol–water partition coefficient (Wildman–Crippen LogP) is 1.55. The third-order valence-electron chi connectivity index (χ3n) is 2.75. The van der Waals surface area contributed by atoms with E-state index in [-0.39, 0.29) is 5.75 Å². The van der Waals surface area contributed by atoms with E-state index in [9.17, 15) is 4.79 Å². The SMILES string of the molecule is CCCc1nnc(SCC(=O)O)n1Cc1ccnc(C)n1. The Balaban J connectivity index is 2.25. The summed E-state index contributed by atoms with van der Waals surface area (Å²) in [5.74, 6) is 0.649. The number of rotatable bonds is 7. The van der Waals surface area contributed by atoms with E-state index in [4.69, 9.17) is 5.11 Å². The van der Waals surface area contributed by atoms with E-state index < -0.39 is 5.97 Å². The van der Waals surface area contributed by atoms with E-state index in [2.05, 4.69) is 27.1 Å². The molecule has 0 aliphatic heterocycles. The number of hydrogen-bond donors (Lipinski definition) is 1. The number of thioether (sulfide) groups is 1. The van der Waals surface area contributed by atoms with Crippen molar-refractivity contribution in [1.82, 2.24) is 24.7 Å². The fourth-order valence-electron chi connectivity index (χ4n) is 1.87. The highest BCUT2D eigenvalue weighted by Gasteiger charge is 2.14. The van der Waals surface area contributed by atoms with Gasteiger partial charge in [0.1, 0.15) is 11.6 Å². The zero-order chi connectivity index (χ0) is 15.2. The van der Waals surface area contributed by atoms with Crippen molar-refractivity contribution in [2.24, 2.45) is 0 Å². The molecular formula is C13H17N5O2S. The molecule has 0 bridgehead atoms. The van der Waals surface area contributed by atoms with Crippen LogP contribution in [0.25, 0.3) is 0 Å². The van der Waals surface area contributed by atoms with Gasteiger partial charge < -0.3 is 5.11 Å². The van der Waals surface area contributed by atoms with Gasteiger partial charge in [0.15, 0.2) is 5.16 Å². The molecule has 7 nitrogen and oxygen atoms in total. The molecule has 0 amide bonds. The summed E-state index contributed by atoms with van der Waals surface area (Å²) in [5, 5.41) is 17.7. The molecule has 2 rings (SSSR count). The highest BCUT2D eigenvalue weighted by atomic mass is 32.2. The Morgan fingerprint density at radius 2 is 2.24 bits per heavy atom. The van der Waals surface area contributed by atoms with Crippen molar-refractivity contribution in [3.63, 3.8) is 0 Å². The van der Waals surface area contributed by atoms with Crippen LogP contribution in [0.1, 0.15) is 30.7 Å². The topological polar surface area (TPSA) is 93.8 Å². The molecule has 0 aliphatic carbocycles. The van der Waals surface area contributed by atoms with Gasteiger partial charge in [0.2, 0.25) is 0 Å². The summed E-state index contributed by atoms with van der Waals surface area (Å²) in [4.78, 5) is 19.2. The monoisotopic (exact) mass is 307 g/mol. The van der Waals surface area contributed by atoms with Crippen LogP contribution >= 0.6 is 11.8 Å². The van der Waals surface area contributed by atoms with Crippen molar-refractivity contribution >= 4 is 17.7 Å². The zero-order valence-electron chi connectivity index (χ0n) is 12.0. The Hall–Kier alpha value is -1.96. The van der Waals surface area contributed by atoms with E-state index in [1.54, 1.807) is 6.20 Å². The molecule has 2 heterocycles. The molecule has 1 N–H and O–H groups in total. The first kappa shape index (κ1) is 15.4. The smallest absolute Gasteiger partial charge is 0.313 e. The van der Waals surface area contributed by atoms with Gasteiger partial charge in [-0.25, -0.2) is 9.97 Å². The van der Waals surface area contributed by atoms with E-state index in [0.717, 1.165) is 24.4 Å². The minimum atomic E-state index is -0.871. The first-order valence-corrected chi connectivity index (χ1v) is 7.64. The van der Waals surface area contributed by atoms with Crippen LogP contribution < -0.4 is 0 Å². The highest BCUT2D eigenvalue weighted by Crippen LogP contribution is 2.19. The number of carboxylic acids is 1. The van der Waals surface area contributed by atoms with Crippen molar-refractivity contribution in [1.29, 1.82) is 0 Å². The summed E-state index contributed by atoms with van der Waals surface area (Å²) in [6, 6.07) is 1.84. The predicted molar refractivity (Wildman–Crippen MR) is 78.2 cm³/mol. The van der Waals surface area contributed by atoms with Crippen LogP contribution in [0.5, 0.6) is 0 Å². The fraction of sp³-hybridized carbons (Fsp3) is 0.462. The van der Waals surface area contributed by atoms with Gasteiger partial charge in [0.25, 0.3) is 0 Å². The van der Waals surface area contributed by atoms with E-state index in [0.29, 0.717) is 17.5 Å². The maximum Gasteiger partial charge on any atom is 0.313 e. The Kier molecular flexibility index (Phi) is 5.26. The third kappa shape index (κ3) is 4.25. The molecule has 0 spiro atoms. The van der Waals surface area contributed by atoms with Gasteiger partial charge in [-0.1, -0.05) is 18.7 Å². The van der Waals surface area contributed by atoms with Gasteiger partial charge in [-0.3, -0.25) is 9.36 Å². The van der Waals surface area contributed by atoms with E-state index >= 15 is 0 Å². The maximum absolute atomic E-state index is 10.7. The second-order valence-electron chi connectivity index (χ2n) is 4.51. The second-order valence-corrected chi connectivity index (χ2v) is 5.46. The van der Waals surface area contributed by atoms with Gasteiger partial charge in [0, 0.05) is 12.6 Å². The van der Waals surface area contributed by atoms with E-state index in [1.165, 1.54) is 11.8 Å². The molecule has 21 heavy (non-hydrogen) atoms. The number of nitrogens with zero attached hydrogens (tertiary/aromatic N) is 5. The number of carbonyl (C=O) groups is 1. The summed E-state index contributed by atoms with van der Waals surface area (Å²) in [6.07, 6.45) is 3.46. The first-order valence-electron chi connectivity index (χ1n) is 6.65. The van der Waals surface area contributed by atoms with Crippen molar-refractivity contribution in [2.45, 2.75) is 38.4 Å². The molecule has 0 saturated heterocycles. The number of hydrogen-bond acceptors (Lipinski definition) is 6. The second kappa shape index (κ2) is 7.16. The van der Waals surface area contributed by atoms with Gasteiger partial charge in [0.05, 0.1) is 18.0 Å². The standard InChI is InChI=1S/C13H17N5O2S/c1-3-4-11-16-17-13(21-8-12(19)20)18(11)7-10-5-6-14-9(2)15-10/h5-6H,3-4,7-8H2,1-2H3,(H,19,20). The molecule has 2 aromatic rings. The lowest BCUT2D eigenvalue weighted by atomic mass is 10.3. The lowest BCUT2D eigenvalue weighted by Gasteiger charge is -2.09. The summed E-state index contributed by atoms with van der Waals surface area (Å²) in [6.45, 7) is 4.42.